The van der Waals surface area contributed by atoms with E-state index in [0.29, 0.717) is 16.9 Å². The van der Waals surface area contributed by atoms with Gasteiger partial charge in [0.1, 0.15) is 11.5 Å². The van der Waals surface area contributed by atoms with Crippen LogP contribution < -0.4 is 9.47 Å². The molecule has 0 saturated carbocycles. The van der Waals surface area contributed by atoms with Gasteiger partial charge in [0.15, 0.2) is 5.78 Å². The van der Waals surface area contributed by atoms with Gasteiger partial charge in [0, 0.05) is 36.8 Å². The lowest BCUT2D eigenvalue weighted by molar-refractivity contribution is 0.105. The summed E-state index contributed by atoms with van der Waals surface area (Å²) in [5.74, 6) is 1.42. The van der Waals surface area contributed by atoms with E-state index < -0.39 is 0 Å². The smallest absolute Gasteiger partial charge is 0.195 e. The maximum absolute atomic E-state index is 13.5. The van der Waals surface area contributed by atoms with Gasteiger partial charge in [-0.2, -0.15) is 0 Å². The topological polar surface area (TPSA) is 38.8 Å². The Kier molecular flexibility index (Phi) is 5.46. The SMILES string of the molecule is COc1cccc(/C(=C\N(C)C)C(=O)c2ccc(OC)c3ccccc23)c1. The predicted molar refractivity (Wildman–Crippen MR) is 109 cm³/mol. The molecule has 0 saturated heterocycles. The van der Waals surface area contributed by atoms with E-state index in [0.717, 1.165) is 22.1 Å². The standard InChI is InChI=1S/C23H23NO3/c1-24(2)15-21(16-8-7-9-17(14-16)26-3)23(25)20-12-13-22(27-4)19-11-6-5-10-18(19)20/h5-15H,1-4H3/b21-15+. The number of hydrogen-bond acceptors (Lipinski definition) is 4. The van der Waals surface area contributed by atoms with Crippen LogP contribution in [0.25, 0.3) is 16.3 Å². The van der Waals surface area contributed by atoms with Gasteiger partial charge in [0.25, 0.3) is 0 Å². The summed E-state index contributed by atoms with van der Waals surface area (Å²) < 4.78 is 10.8. The third-order valence-electron chi connectivity index (χ3n) is 4.36. The number of methoxy groups -OCH3 is 2. The van der Waals surface area contributed by atoms with Crippen molar-refractivity contribution in [1.82, 2.24) is 4.90 Å². The number of nitrogens with zero attached hydrogens (tertiary/aromatic N) is 1. The average molecular weight is 361 g/mol. The minimum atomic E-state index is -0.0455. The van der Waals surface area contributed by atoms with Crippen LogP contribution >= 0.6 is 0 Å². The highest BCUT2D eigenvalue weighted by Crippen LogP contribution is 2.32. The minimum absolute atomic E-state index is 0.0455. The van der Waals surface area contributed by atoms with Crippen molar-refractivity contribution in [1.29, 1.82) is 0 Å². The van der Waals surface area contributed by atoms with Crippen molar-refractivity contribution in [3.05, 3.63) is 78.0 Å². The summed E-state index contributed by atoms with van der Waals surface area (Å²) in [4.78, 5) is 15.4. The molecule has 0 bridgehead atoms. The summed E-state index contributed by atoms with van der Waals surface area (Å²) >= 11 is 0. The van der Waals surface area contributed by atoms with Crippen LogP contribution in [0.1, 0.15) is 15.9 Å². The molecule has 138 valence electrons. The molecular weight excluding hydrogens is 338 g/mol. The maximum atomic E-state index is 13.5. The monoisotopic (exact) mass is 361 g/mol. The zero-order chi connectivity index (χ0) is 19.4. The quantitative estimate of drug-likeness (QED) is 0.473. The van der Waals surface area contributed by atoms with Gasteiger partial charge in [-0.15, -0.1) is 0 Å². The van der Waals surface area contributed by atoms with E-state index in [-0.39, 0.29) is 5.78 Å². The number of fused-ring (bicyclic) bond motifs is 1. The molecule has 0 aliphatic heterocycles. The van der Waals surface area contributed by atoms with Crippen LogP contribution in [-0.4, -0.2) is 39.0 Å². The first-order valence-corrected chi connectivity index (χ1v) is 8.68. The highest BCUT2D eigenvalue weighted by Gasteiger charge is 2.19. The Balaban J connectivity index is 2.17. The van der Waals surface area contributed by atoms with E-state index in [9.17, 15) is 4.79 Å². The van der Waals surface area contributed by atoms with Crippen LogP contribution in [0, 0.1) is 0 Å². The van der Waals surface area contributed by atoms with Gasteiger partial charge < -0.3 is 14.4 Å². The number of ether oxygens (including phenoxy) is 2. The van der Waals surface area contributed by atoms with Gasteiger partial charge >= 0.3 is 0 Å². The molecule has 0 amide bonds. The van der Waals surface area contributed by atoms with E-state index in [1.807, 2.05) is 85.9 Å². The van der Waals surface area contributed by atoms with Crippen molar-refractivity contribution in [2.45, 2.75) is 0 Å². The molecule has 3 rings (SSSR count). The fourth-order valence-electron chi connectivity index (χ4n) is 3.11. The zero-order valence-corrected chi connectivity index (χ0v) is 16.0. The van der Waals surface area contributed by atoms with Gasteiger partial charge in [-0.05, 0) is 35.2 Å². The number of hydrogen-bond donors (Lipinski definition) is 0. The van der Waals surface area contributed by atoms with E-state index in [1.165, 1.54) is 0 Å². The van der Waals surface area contributed by atoms with E-state index in [2.05, 4.69) is 0 Å². The van der Waals surface area contributed by atoms with Crippen LogP contribution in [0.15, 0.2) is 66.9 Å². The summed E-state index contributed by atoms with van der Waals surface area (Å²) in [5.41, 5.74) is 2.06. The second-order valence-corrected chi connectivity index (χ2v) is 6.43. The highest BCUT2D eigenvalue weighted by molar-refractivity contribution is 6.32. The maximum Gasteiger partial charge on any atom is 0.195 e. The van der Waals surface area contributed by atoms with Gasteiger partial charge in [-0.1, -0.05) is 36.4 Å². The molecule has 0 unspecified atom stereocenters. The molecule has 0 aliphatic rings. The van der Waals surface area contributed by atoms with Gasteiger partial charge in [0.05, 0.1) is 14.2 Å². The average Bonchev–Trinajstić information content (AvgIpc) is 2.70. The first-order valence-electron chi connectivity index (χ1n) is 8.68. The lowest BCUT2D eigenvalue weighted by Crippen LogP contribution is -2.10. The fourth-order valence-corrected chi connectivity index (χ4v) is 3.11. The summed E-state index contributed by atoms with van der Waals surface area (Å²) in [5, 5.41) is 1.79. The van der Waals surface area contributed by atoms with E-state index >= 15 is 0 Å². The molecule has 0 N–H and O–H groups in total. The second kappa shape index (κ2) is 7.96. The molecule has 4 nitrogen and oxygen atoms in total. The van der Waals surface area contributed by atoms with Crippen LogP contribution in [-0.2, 0) is 0 Å². The Morgan fingerprint density at radius 1 is 0.889 bits per heavy atom. The number of carbonyl (C=O) groups excluding carboxylic acids is 1. The molecular formula is C23H23NO3. The van der Waals surface area contributed by atoms with Crippen LogP contribution in [0.3, 0.4) is 0 Å². The number of Topliss-reactive ketones (excluding diaryl/α,β-unsaturated/α-hetero) is 1. The second-order valence-electron chi connectivity index (χ2n) is 6.43. The molecule has 0 aliphatic carbocycles. The lowest BCUT2D eigenvalue weighted by Gasteiger charge is -2.15. The first-order chi connectivity index (χ1) is 13.0. The Morgan fingerprint density at radius 3 is 2.30 bits per heavy atom. The first kappa shape index (κ1) is 18.5. The van der Waals surface area contributed by atoms with Crippen LogP contribution in [0.5, 0.6) is 11.5 Å². The van der Waals surface area contributed by atoms with Gasteiger partial charge in [0.2, 0.25) is 0 Å². The largest absolute Gasteiger partial charge is 0.497 e. The third kappa shape index (κ3) is 3.80. The number of carbonyl (C=O) groups is 1. The van der Waals surface area contributed by atoms with Crippen molar-refractivity contribution in [3.63, 3.8) is 0 Å². The van der Waals surface area contributed by atoms with Crippen LogP contribution in [0.2, 0.25) is 0 Å². The summed E-state index contributed by atoms with van der Waals surface area (Å²) in [6.45, 7) is 0. The molecule has 4 heteroatoms. The molecule has 0 radical (unpaired) electrons. The molecule has 0 atom stereocenters. The number of benzene rings is 3. The molecule has 0 spiro atoms. The molecule has 0 heterocycles. The number of ketones is 1. The number of allylic oxidation sites excluding steroid dienone is 1. The molecule has 3 aromatic carbocycles. The molecule has 0 aromatic heterocycles. The highest BCUT2D eigenvalue weighted by atomic mass is 16.5. The Morgan fingerprint density at radius 2 is 1.63 bits per heavy atom. The predicted octanol–water partition coefficient (Wildman–Crippen LogP) is 4.64. The summed E-state index contributed by atoms with van der Waals surface area (Å²) in [6.07, 6.45) is 1.84. The van der Waals surface area contributed by atoms with Crippen molar-refractivity contribution < 1.29 is 14.3 Å². The van der Waals surface area contributed by atoms with Crippen LogP contribution in [0.4, 0.5) is 0 Å². The van der Waals surface area contributed by atoms with Crippen molar-refractivity contribution in [3.8, 4) is 11.5 Å². The van der Waals surface area contributed by atoms with Crippen molar-refractivity contribution in [2.75, 3.05) is 28.3 Å². The minimum Gasteiger partial charge on any atom is -0.497 e. The Hall–Kier alpha value is -3.27. The lowest BCUT2D eigenvalue weighted by atomic mass is 9.93. The van der Waals surface area contributed by atoms with Crippen molar-refractivity contribution >= 4 is 22.1 Å². The summed E-state index contributed by atoms with van der Waals surface area (Å²) in [7, 11) is 7.06. The zero-order valence-electron chi connectivity index (χ0n) is 16.0. The molecule has 0 fully saturated rings. The summed E-state index contributed by atoms with van der Waals surface area (Å²) in [6, 6.07) is 19.0. The Labute approximate surface area is 159 Å². The van der Waals surface area contributed by atoms with Gasteiger partial charge in [-0.25, -0.2) is 0 Å². The van der Waals surface area contributed by atoms with E-state index in [1.54, 1.807) is 14.2 Å². The Bertz CT molecular complexity index is 1010. The third-order valence-corrected chi connectivity index (χ3v) is 4.36. The normalized spacial score (nSPS) is 11.3. The molecule has 27 heavy (non-hydrogen) atoms. The van der Waals surface area contributed by atoms with E-state index in [4.69, 9.17) is 9.47 Å². The van der Waals surface area contributed by atoms with Gasteiger partial charge in [-0.3, -0.25) is 4.79 Å². The van der Waals surface area contributed by atoms with Crippen molar-refractivity contribution in [2.24, 2.45) is 0 Å². The molecule has 3 aromatic rings. The number of rotatable bonds is 6. The fraction of sp³-hybridized carbons (Fsp3) is 0.174.